The van der Waals surface area contributed by atoms with E-state index in [1.54, 1.807) is 13.0 Å². The molecule has 0 fully saturated rings. The van der Waals surface area contributed by atoms with Crippen LogP contribution in [0.1, 0.15) is 25.5 Å². The zero-order valence-corrected chi connectivity index (χ0v) is 11.0. The molecule has 0 spiro atoms. The van der Waals surface area contributed by atoms with Crippen LogP contribution in [0.3, 0.4) is 0 Å². The lowest BCUT2D eigenvalue weighted by molar-refractivity contribution is -0.117. The zero-order valence-electron chi connectivity index (χ0n) is 11.0. The number of amides is 1. The van der Waals surface area contributed by atoms with Gasteiger partial charge in [-0.2, -0.15) is 0 Å². The minimum absolute atomic E-state index is 0.0556. The SMILES string of the molecule is CCCCN(CCO)CC(=O)Nc1cc(C)on1. The molecule has 1 heterocycles. The fourth-order valence-corrected chi connectivity index (χ4v) is 1.60. The van der Waals surface area contributed by atoms with E-state index in [9.17, 15) is 4.79 Å². The van der Waals surface area contributed by atoms with E-state index in [-0.39, 0.29) is 19.1 Å². The molecular weight excluding hydrogens is 234 g/mol. The van der Waals surface area contributed by atoms with Gasteiger partial charge in [0.25, 0.3) is 0 Å². The molecule has 0 bridgehead atoms. The van der Waals surface area contributed by atoms with Gasteiger partial charge in [0.15, 0.2) is 5.82 Å². The molecule has 1 rings (SSSR count). The van der Waals surface area contributed by atoms with Crippen molar-refractivity contribution in [3.05, 3.63) is 11.8 Å². The number of aliphatic hydroxyl groups excluding tert-OH is 1. The maximum atomic E-state index is 11.8. The monoisotopic (exact) mass is 255 g/mol. The Morgan fingerprint density at radius 3 is 2.89 bits per heavy atom. The number of nitrogens with one attached hydrogen (secondary N) is 1. The number of aromatic nitrogens is 1. The molecule has 0 aliphatic heterocycles. The molecule has 0 unspecified atom stereocenters. The Bertz CT molecular complexity index is 365. The second-order valence-corrected chi connectivity index (χ2v) is 4.22. The van der Waals surface area contributed by atoms with E-state index in [0.29, 0.717) is 18.1 Å². The Balaban J connectivity index is 2.40. The first-order valence-electron chi connectivity index (χ1n) is 6.22. The van der Waals surface area contributed by atoms with Crippen molar-refractivity contribution in [1.29, 1.82) is 0 Å². The van der Waals surface area contributed by atoms with Crippen molar-refractivity contribution in [3.8, 4) is 0 Å². The second-order valence-electron chi connectivity index (χ2n) is 4.22. The summed E-state index contributed by atoms with van der Waals surface area (Å²) in [4.78, 5) is 13.7. The molecule has 1 amide bonds. The second kappa shape index (κ2) is 7.84. The largest absolute Gasteiger partial charge is 0.395 e. The summed E-state index contributed by atoms with van der Waals surface area (Å²) in [5.41, 5.74) is 0. The van der Waals surface area contributed by atoms with E-state index in [1.165, 1.54) is 0 Å². The van der Waals surface area contributed by atoms with Crippen molar-refractivity contribution in [1.82, 2.24) is 10.1 Å². The van der Waals surface area contributed by atoms with E-state index in [2.05, 4.69) is 17.4 Å². The highest BCUT2D eigenvalue weighted by Gasteiger charge is 2.11. The van der Waals surface area contributed by atoms with Gasteiger partial charge >= 0.3 is 0 Å². The third kappa shape index (κ3) is 5.29. The van der Waals surface area contributed by atoms with Crippen LogP contribution >= 0.6 is 0 Å². The summed E-state index contributed by atoms with van der Waals surface area (Å²) in [6.07, 6.45) is 2.07. The third-order valence-electron chi connectivity index (χ3n) is 2.51. The summed E-state index contributed by atoms with van der Waals surface area (Å²) in [5, 5.41) is 15.3. The van der Waals surface area contributed by atoms with Gasteiger partial charge in [0.05, 0.1) is 13.2 Å². The first-order chi connectivity index (χ1) is 8.65. The van der Waals surface area contributed by atoms with Gasteiger partial charge in [0.1, 0.15) is 5.76 Å². The Labute approximate surface area is 107 Å². The van der Waals surface area contributed by atoms with Crippen LogP contribution in [0.15, 0.2) is 10.6 Å². The van der Waals surface area contributed by atoms with Gasteiger partial charge in [-0.3, -0.25) is 9.69 Å². The average Bonchev–Trinajstić information content (AvgIpc) is 2.71. The fraction of sp³-hybridized carbons (Fsp3) is 0.667. The van der Waals surface area contributed by atoms with Crippen LogP contribution in [-0.4, -0.2) is 47.3 Å². The Morgan fingerprint density at radius 1 is 1.56 bits per heavy atom. The fourth-order valence-electron chi connectivity index (χ4n) is 1.60. The molecule has 0 atom stereocenters. The van der Waals surface area contributed by atoms with Crippen LogP contribution < -0.4 is 5.32 Å². The minimum Gasteiger partial charge on any atom is -0.395 e. The summed E-state index contributed by atoms with van der Waals surface area (Å²) >= 11 is 0. The lowest BCUT2D eigenvalue weighted by Crippen LogP contribution is -2.36. The highest BCUT2D eigenvalue weighted by Crippen LogP contribution is 2.07. The number of carbonyl (C=O) groups excluding carboxylic acids is 1. The molecule has 18 heavy (non-hydrogen) atoms. The molecule has 0 aromatic carbocycles. The smallest absolute Gasteiger partial charge is 0.239 e. The van der Waals surface area contributed by atoms with Crippen molar-refractivity contribution in [2.45, 2.75) is 26.7 Å². The molecule has 0 saturated heterocycles. The first-order valence-corrected chi connectivity index (χ1v) is 6.22. The summed E-state index contributed by atoms with van der Waals surface area (Å²) in [7, 11) is 0. The summed E-state index contributed by atoms with van der Waals surface area (Å²) in [6, 6.07) is 1.67. The molecule has 0 saturated carbocycles. The normalized spacial score (nSPS) is 10.9. The lowest BCUT2D eigenvalue weighted by atomic mass is 10.3. The van der Waals surface area contributed by atoms with Crippen molar-refractivity contribution >= 4 is 11.7 Å². The molecule has 1 aromatic rings. The van der Waals surface area contributed by atoms with Crippen molar-refractivity contribution in [2.75, 3.05) is 31.6 Å². The number of unbranched alkanes of at least 4 members (excludes halogenated alkanes) is 1. The van der Waals surface area contributed by atoms with E-state index in [1.807, 2.05) is 4.90 Å². The van der Waals surface area contributed by atoms with E-state index in [4.69, 9.17) is 9.63 Å². The van der Waals surface area contributed by atoms with Crippen LogP contribution in [0.4, 0.5) is 5.82 Å². The highest BCUT2D eigenvalue weighted by atomic mass is 16.5. The molecule has 1 aromatic heterocycles. The number of carbonyl (C=O) groups is 1. The number of aryl methyl sites for hydroxylation is 1. The highest BCUT2D eigenvalue weighted by molar-refractivity contribution is 5.91. The van der Waals surface area contributed by atoms with Gasteiger partial charge in [0, 0.05) is 12.6 Å². The molecule has 102 valence electrons. The van der Waals surface area contributed by atoms with Crippen molar-refractivity contribution in [2.24, 2.45) is 0 Å². The summed E-state index contributed by atoms with van der Waals surface area (Å²) < 4.78 is 4.86. The Hall–Kier alpha value is -1.40. The number of rotatable bonds is 8. The summed E-state index contributed by atoms with van der Waals surface area (Å²) in [5.74, 6) is 0.938. The number of hydrogen-bond acceptors (Lipinski definition) is 5. The van der Waals surface area contributed by atoms with Gasteiger partial charge in [-0.05, 0) is 19.9 Å². The predicted molar refractivity (Wildman–Crippen MR) is 68.3 cm³/mol. The molecule has 0 aliphatic rings. The van der Waals surface area contributed by atoms with Crippen LogP contribution in [0.25, 0.3) is 0 Å². The van der Waals surface area contributed by atoms with Crippen molar-refractivity contribution < 1.29 is 14.4 Å². The standard InChI is InChI=1S/C12H21N3O3/c1-3-4-5-15(6-7-16)9-12(17)13-11-8-10(2)18-14-11/h8,16H,3-7,9H2,1-2H3,(H,13,14,17). The molecule has 0 aliphatic carbocycles. The zero-order chi connectivity index (χ0) is 13.4. The molecular formula is C12H21N3O3. The first kappa shape index (κ1) is 14.7. The Morgan fingerprint density at radius 2 is 2.33 bits per heavy atom. The molecule has 6 heteroatoms. The maximum absolute atomic E-state index is 11.8. The van der Waals surface area contributed by atoms with Gasteiger partial charge in [-0.25, -0.2) is 0 Å². The number of hydrogen-bond donors (Lipinski definition) is 2. The topological polar surface area (TPSA) is 78.6 Å². The van der Waals surface area contributed by atoms with Crippen LogP contribution in [0.2, 0.25) is 0 Å². The number of anilines is 1. The van der Waals surface area contributed by atoms with Crippen LogP contribution in [-0.2, 0) is 4.79 Å². The molecule has 2 N–H and O–H groups in total. The van der Waals surface area contributed by atoms with E-state index in [0.717, 1.165) is 19.4 Å². The van der Waals surface area contributed by atoms with Gasteiger partial charge < -0.3 is 14.9 Å². The van der Waals surface area contributed by atoms with Gasteiger partial charge in [0.2, 0.25) is 5.91 Å². The lowest BCUT2D eigenvalue weighted by Gasteiger charge is -2.19. The third-order valence-corrected chi connectivity index (χ3v) is 2.51. The van der Waals surface area contributed by atoms with Crippen LogP contribution in [0, 0.1) is 6.92 Å². The quantitative estimate of drug-likeness (QED) is 0.725. The van der Waals surface area contributed by atoms with E-state index >= 15 is 0 Å². The van der Waals surface area contributed by atoms with Gasteiger partial charge in [-0.1, -0.05) is 18.5 Å². The van der Waals surface area contributed by atoms with Gasteiger partial charge in [-0.15, -0.1) is 0 Å². The predicted octanol–water partition coefficient (Wildman–Crippen LogP) is 1.02. The summed E-state index contributed by atoms with van der Waals surface area (Å²) in [6.45, 7) is 5.48. The molecule has 0 radical (unpaired) electrons. The van der Waals surface area contributed by atoms with Crippen molar-refractivity contribution in [3.63, 3.8) is 0 Å². The van der Waals surface area contributed by atoms with Crippen LogP contribution in [0.5, 0.6) is 0 Å². The number of nitrogens with zero attached hydrogens (tertiary/aromatic N) is 2. The maximum Gasteiger partial charge on any atom is 0.239 e. The molecule has 6 nitrogen and oxygen atoms in total. The average molecular weight is 255 g/mol. The van der Waals surface area contributed by atoms with E-state index < -0.39 is 0 Å². The number of aliphatic hydroxyl groups is 1. The minimum atomic E-state index is -0.146. The Kier molecular flexibility index (Phi) is 6.38.